The van der Waals surface area contributed by atoms with Crippen LogP contribution in [-0.2, 0) is 14.3 Å². The Labute approximate surface area is 194 Å². The summed E-state index contributed by atoms with van der Waals surface area (Å²) in [6.45, 7) is 0. The maximum atomic E-state index is 12.9. The van der Waals surface area contributed by atoms with Crippen molar-refractivity contribution in [3.05, 3.63) is 105 Å². The fourth-order valence-electron chi connectivity index (χ4n) is 3.01. The minimum Gasteiger partial charge on any atom is -0.447 e. The lowest BCUT2D eigenvalue weighted by molar-refractivity contribution is -0.384. The summed E-state index contributed by atoms with van der Waals surface area (Å²) in [4.78, 5) is 48.0. The van der Waals surface area contributed by atoms with Gasteiger partial charge in [-0.3, -0.25) is 24.5 Å². The third kappa shape index (κ3) is 6.47. The van der Waals surface area contributed by atoms with E-state index in [4.69, 9.17) is 16.3 Å². The second kappa shape index (κ2) is 11.0. The van der Waals surface area contributed by atoms with Gasteiger partial charge in [0.15, 0.2) is 5.78 Å². The lowest BCUT2D eigenvalue weighted by Gasteiger charge is -2.18. The van der Waals surface area contributed by atoms with Gasteiger partial charge in [-0.1, -0.05) is 72.3 Å². The molecule has 3 aromatic carbocycles. The van der Waals surface area contributed by atoms with Gasteiger partial charge in [-0.25, -0.2) is 0 Å². The van der Waals surface area contributed by atoms with Gasteiger partial charge in [0.2, 0.25) is 6.10 Å². The van der Waals surface area contributed by atoms with E-state index in [0.29, 0.717) is 11.1 Å². The number of amides is 1. The highest BCUT2D eigenvalue weighted by molar-refractivity contribution is 6.32. The number of benzene rings is 3. The number of rotatable bonds is 9. The number of halogens is 1. The monoisotopic (exact) mass is 466 g/mol. The first kappa shape index (κ1) is 23.6. The molecule has 8 nitrogen and oxygen atoms in total. The first-order valence-corrected chi connectivity index (χ1v) is 10.3. The first-order chi connectivity index (χ1) is 15.8. The lowest BCUT2D eigenvalue weighted by Crippen LogP contribution is -2.26. The number of nitrogens with one attached hydrogen (secondary N) is 1. The van der Waals surface area contributed by atoms with Crippen LogP contribution < -0.4 is 5.32 Å². The van der Waals surface area contributed by atoms with Gasteiger partial charge in [0.25, 0.3) is 11.6 Å². The minimum absolute atomic E-state index is 0.0741. The summed E-state index contributed by atoms with van der Waals surface area (Å²) >= 11 is 5.81. The Morgan fingerprint density at radius 2 is 1.58 bits per heavy atom. The molecule has 0 aliphatic heterocycles. The Bertz CT molecular complexity index is 1170. The number of ether oxygens (including phenoxy) is 1. The van der Waals surface area contributed by atoms with Crippen LogP contribution in [0, 0.1) is 10.1 Å². The molecule has 33 heavy (non-hydrogen) atoms. The van der Waals surface area contributed by atoms with Gasteiger partial charge in [0.05, 0.1) is 11.3 Å². The molecule has 0 aliphatic rings. The zero-order valence-corrected chi connectivity index (χ0v) is 18.0. The van der Waals surface area contributed by atoms with E-state index in [1.807, 2.05) is 0 Å². The van der Waals surface area contributed by atoms with E-state index in [2.05, 4.69) is 5.32 Å². The van der Waals surface area contributed by atoms with Crippen LogP contribution in [0.25, 0.3) is 0 Å². The zero-order chi connectivity index (χ0) is 23.8. The summed E-state index contributed by atoms with van der Waals surface area (Å²) in [6.07, 6.45) is -1.60. The molecular formula is C24H19ClN2O6. The number of nitrogens with zero attached hydrogens (tertiary/aromatic N) is 1. The largest absolute Gasteiger partial charge is 0.447 e. The highest BCUT2D eigenvalue weighted by atomic mass is 35.5. The van der Waals surface area contributed by atoms with Crippen LogP contribution in [0.4, 0.5) is 11.4 Å². The Balaban J connectivity index is 1.72. The van der Waals surface area contributed by atoms with Gasteiger partial charge in [0, 0.05) is 29.3 Å². The molecule has 1 N–H and O–H groups in total. The third-order valence-corrected chi connectivity index (χ3v) is 4.97. The van der Waals surface area contributed by atoms with Crippen LogP contribution in [0.2, 0.25) is 5.02 Å². The number of ketones is 1. The molecule has 0 heterocycles. The first-order valence-electron chi connectivity index (χ1n) is 9.92. The average Bonchev–Trinajstić information content (AvgIpc) is 2.83. The molecule has 0 spiro atoms. The molecule has 0 saturated heterocycles. The number of hydrogen-bond acceptors (Lipinski definition) is 6. The highest BCUT2D eigenvalue weighted by Crippen LogP contribution is 2.28. The normalized spacial score (nSPS) is 11.3. The zero-order valence-electron chi connectivity index (χ0n) is 17.3. The molecular weight excluding hydrogens is 448 g/mol. The molecule has 0 bridgehead atoms. The van der Waals surface area contributed by atoms with Crippen molar-refractivity contribution in [2.75, 3.05) is 5.32 Å². The molecule has 0 aromatic heterocycles. The molecule has 1 unspecified atom stereocenters. The van der Waals surface area contributed by atoms with Gasteiger partial charge in [0.1, 0.15) is 5.02 Å². The summed E-state index contributed by atoms with van der Waals surface area (Å²) in [6, 6.07) is 20.6. The second-order valence-electron chi connectivity index (χ2n) is 6.98. The predicted molar refractivity (Wildman–Crippen MR) is 122 cm³/mol. The van der Waals surface area contributed by atoms with E-state index in [1.54, 1.807) is 60.7 Å². The molecule has 1 atom stereocenters. The summed E-state index contributed by atoms with van der Waals surface area (Å²) in [5, 5.41) is 13.5. The third-order valence-electron chi connectivity index (χ3n) is 4.65. The number of hydrogen-bond donors (Lipinski definition) is 1. The van der Waals surface area contributed by atoms with Crippen molar-refractivity contribution in [1.29, 1.82) is 0 Å². The summed E-state index contributed by atoms with van der Waals surface area (Å²) in [5.41, 5.74) is 0.627. The smallest absolute Gasteiger partial charge is 0.307 e. The number of carbonyl (C=O) groups excluding carboxylic acids is 3. The highest BCUT2D eigenvalue weighted by Gasteiger charge is 2.26. The van der Waals surface area contributed by atoms with Crippen LogP contribution >= 0.6 is 11.6 Å². The molecule has 0 fully saturated rings. The molecule has 0 saturated carbocycles. The van der Waals surface area contributed by atoms with Crippen molar-refractivity contribution < 1.29 is 24.0 Å². The van der Waals surface area contributed by atoms with E-state index >= 15 is 0 Å². The van der Waals surface area contributed by atoms with Crippen molar-refractivity contribution in [3.63, 3.8) is 0 Å². The van der Waals surface area contributed by atoms with Gasteiger partial charge < -0.3 is 10.1 Å². The molecule has 168 valence electrons. The van der Waals surface area contributed by atoms with Crippen LogP contribution in [0.15, 0.2) is 78.9 Å². The van der Waals surface area contributed by atoms with Crippen molar-refractivity contribution in [3.8, 4) is 0 Å². The second-order valence-corrected chi connectivity index (χ2v) is 7.39. The van der Waals surface area contributed by atoms with E-state index in [1.165, 1.54) is 12.1 Å². The maximum Gasteiger partial charge on any atom is 0.307 e. The van der Waals surface area contributed by atoms with Gasteiger partial charge in [-0.15, -0.1) is 0 Å². The standard InChI is InChI=1S/C24H19ClN2O6/c25-19-12-11-18(15-20(19)27(31)32)26-24(30)23(17-9-5-2-6-10-17)33-22(29)14-13-21(28)16-7-3-1-4-8-16/h1-12,15,23H,13-14H2,(H,26,30). The molecule has 3 aromatic rings. The quantitative estimate of drug-likeness (QED) is 0.202. The number of anilines is 1. The molecule has 0 aliphatic carbocycles. The number of esters is 1. The number of nitro benzene ring substituents is 1. The summed E-state index contributed by atoms with van der Waals surface area (Å²) in [5.74, 6) is -1.66. The Kier molecular flexibility index (Phi) is 7.88. The van der Waals surface area contributed by atoms with Gasteiger partial charge >= 0.3 is 5.97 Å². The molecule has 9 heteroatoms. The van der Waals surface area contributed by atoms with Crippen LogP contribution in [0.3, 0.4) is 0 Å². The average molecular weight is 467 g/mol. The fourth-order valence-corrected chi connectivity index (χ4v) is 3.20. The van der Waals surface area contributed by atoms with Crippen LogP contribution in [-0.4, -0.2) is 22.6 Å². The topological polar surface area (TPSA) is 116 Å². The van der Waals surface area contributed by atoms with Crippen LogP contribution in [0.1, 0.15) is 34.9 Å². The minimum atomic E-state index is -1.32. The van der Waals surface area contributed by atoms with E-state index in [-0.39, 0.29) is 35.0 Å². The Morgan fingerprint density at radius 3 is 2.21 bits per heavy atom. The number of carbonyl (C=O) groups is 3. The van der Waals surface area contributed by atoms with Crippen molar-refractivity contribution >= 4 is 40.6 Å². The molecule has 0 radical (unpaired) electrons. The van der Waals surface area contributed by atoms with E-state index in [0.717, 1.165) is 6.07 Å². The summed E-state index contributed by atoms with van der Waals surface area (Å²) < 4.78 is 5.40. The number of nitro groups is 1. The predicted octanol–water partition coefficient (Wildman–Crippen LogP) is 5.13. The van der Waals surface area contributed by atoms with Crippen molar-refractivity contribution in [2.24, 2.45) is 0 Å². The summed E-state index contributed by atoms with van der Waals surface area (Å²) in [7, 11) is 0. The Morgan fingerprint density at radius 1 is 0.939 bits per heavy atom. The lowest BCUT2D eigenvalue weighted by atomic mass is 10.1. The maximum absolute atomic E-state index is 12.9. The Hall–Kier alpha value is -4.04. The van der Waals surface area contributed by atoms with Gasteiger partial charge in [-0.05, 0) is 12.1 Å². The molecule has 3 rings (SSSR count). The van der Waals surface area contributed by atoms with E-state index < -0.39 is 22.9 Å². The van der Waals surface area contributed by atoms with Crippen LogP contribution in [0.5, 0.6) is 0 Å². The molecule has 1 amide bonds. The van der Waals surface area contributed by atoms with Gasteiger partial charge in [-0.2, -0.15) is 0 Å². The van der Waals surface area contributed by atoms with Crippen molar-refractivity contribution in [1.82, 2.24) is 0 Å². The number of Topliss-reactive ketones (excluding diaryl/α,β-unsaturated/α-hetero) is 1. The van der Waals surface area contributed by atoms with E-state index in [9.17, 15) is 24.5 Å². The fraction of sp³-hybridized carbons (Fsp3) is 0.125. The van der Waals surface area contributed by atoms with Crippen molar-refractivity contribution in [2.45, 2.75) is 18.9 Å². The SMILES string of the molecule is O=C(CCC(=O)c1ccccc1)OC(C(=O)Nc1ccc(Cl)c([N+](=O)[O-])c1)c1ccccc1.